The average molecular weight is 323 g/mol. The van der Waals surface area contributed by atoms with Crippen LogP contribution in [-0.2, 0) is 0 Å². The minimum Gasteiger partial charge on any atom is -0.314 e. The molecule has 110 valence electrons. The van der Waals surface area contributed by atoms with Crippen LogP contribution in [0, 0.1) is 6.92 Å². The van der Waals surface area contributed by atoms with Gasteiger partial charge in [-0.1, -0.05) is 6.08 Å². The molecule has 0 radical (unpaired) electrons. The standard InChI is InChI=1S/C14H22N2S.2ClH/c1-3-4-5-13(14-12(2)6-11-17-14)16-9-7-15-8-10-16;;/h3,6,11,13,15H,1,4-5,7-10H2,2H3;2*1H/t13-;;/m1../s1. The molecule has 0 spiro atoms. The zero-order chi connectivity index (χ0) is 12.1. The monoisotopic (exact) mass is 322 g/mol. The molecular weight excluding hydrogens is 299 g/mol. The Morgan fingerprint density at radius 3 is 2.63 bits per heavy atom. The van der Waals surface area contributed by atoms with Crippen LogP contribution in [-0.4, -0.2) is 31.1 Å². The molecule has 19 heavy (non-hydrogen) atoms. The first kappa shape index (κ1) is 18.9. The van der Waals surface area contributed by atoms with Gasteiger partial charge in [0.15, 0.2) is 0 Å². The molecule has 1 aliphatic rings. The molecular formula is C14H24Cl2N2S. The van der Waals surface area contributed by atoms with E-state index >= 15 is 0 Å². The molecule has 0 bridgehead atoms. The number of hydrogen-bond donors (Lipinski definition) is 1. The Labute approximate surface area is 133 Å². The summed E-state index contributed by atoms with van der Waals surface area (Å²) >= 11 is 1.91. The summed E-state index contributed by atoms with van der Waals surface area (Å²) in [6, 6.07) is 2.83. The lowest BCUT2D eigenvalue weighted by atomic mass is 10.0. The van der Waals surface area contributed by atoms with Gasteiger partial charge in [-0.2, -0.15) is 0 Å². The van der Waals surface area contributed by atoms with E-state index in [1.807, 2.05) is 17.4 Å². The van der Waals surface area contributed by atoms with Gasteiger partial charge in [0.2, 0.25) is 0 Å². The molecule has 0 unspecified atom stereocenters. The highest BCUT2D eigenvalue weighted by molar-refractivity contribution is 7.10. The van der Waals surface area contributed by atoms with Gasteiger partial charge in [0, 0.05) is 37.1 Å². The molecule has 2 rings (SSSR count). The lowest BCUT2D eigenvalue weighted by molar-refractivity contribution is 0.168. The van der Waals surface area contributed by atoms with Crippen LogP contribution >= 0.6 is 36.2 Å². The molecule has 1 aromatic heterocycles. The van der Waals surface area contributed by atoms with Gasteiger partial charge in [-0.05, 0) is 36.8 Å². The number of aryl methyl sites for hydroxylation is 1. The van der Waals surface area contributed by atoms with Gasteiger partial charge in [-0.25, -0.2) is 0 Å². The van der Waals surface area contributed by atoms with Gasteiger partial charge in [0.1, 0.15) is 0 Å². The molecule has 2 nitrogen and oxygen atoms in total. The molecule has 5 heteroatoms. The molecule has 0 aromatic carbocycles. The first-order valence-electron chi connectivity index (χ1n) is 6.42. The van der Waals surface area contributed by atoms with Crippen LogP contribution in [0.1, 0.15) is 29.3 Å². The fourth-order valence-electron chi connectivity index (χ4n) is 2.47. The first-order valence-corrected chi connectivity index (χ1v) is 7.30. The zero-order valence-electron chi connectivity index (χ0n) is 11.4. The molecule has 1 N–H and O–H groups in total. The Balaban J connectivity index is 0.00000162. The van der Waals surface area contributed by atoms with Gasteiger partial charge < -0.3 is 5.32 Å². The van der Waals surface area contributed by atoms with Crippen molar-refractivity contribution in [3.63, 3.8) is 0 Å². The van der Waals surface area contributed by atoms with Crippen LogP contribution in [0.3, 0.4) is 0 Å². The van der Waals surface area contributed by atoms with E-state index in [2.05, 4.69) is 35.2 Å². The van der Waals surface area contributed by atoms with E-state index in [0.717, 1.165) is 19.5 Å². The third kappa shape index (κ3) is 5.09. The van der Waals surface area contributed by atoms with Gasteiger partial charge in [-0.3, -0.25) is 4.90 Å². The Morgan fingerprint density at radius 2 is 2.11 bits per heavy atom. The quantitative estimate of drug-likeness (QED) is 0.829. The first-order chi connectivity index (χ1) is 8.33. The van der Waals surface area contributed by atoms with Crippen LogP contribution in [0.2, 0.25) is 0 Å². The molecule has 0 aliphatic carbocycles. The summed E-state index contributed by atoms with van der Waals surface area (Å²) < 4.78 is 0. The maximum absolute atomic E-state index is 3.85. The van der Waals surface area contributed by atoms with Crippen LogP contribution in [0.5, 0.6) is 0 Å². The van der Waals surface area contributed by atoms with E-state index in [-0.39, 0.29) is 24.8 Å². The van der Waals surface area contributed by atoms with Crippen molar-refractivity contribution in [2.45, 2.75) is 25.8 Å². The number of rotatable bonds is 5. The fourth-order valence-corrected chi connectivity index (χ4v) is 3.57. The van der Waals surface area contributed by atoms with Crippen molar-refractivity contribution >= 4 is 36.2 Å². The number of piperazine rings is 1. The Bertz CT molecular complexity index is 362. The van der Waals surface area contributed by atoms with Gasteiger partial charge in [-0.15, -0.1) is 42.7 Å². The molecule has 1 atom stereocenters. The highest BCUT2D eigenvalue weighted by Gasteiger charge is 2.23. The number of thiophene rings is 1. The predicted molar refractivity (Wildman–Crippen MR) is 90.2 cm³/mol. The van der Waals surface area contributed by atoms with E-state index in [4.69, 9.17) is 0 Å². The van der Waals surface area contributed by atoms with Gasteiger partial charge in [0.25, 0.3) is 0 Å². The Hall–Kier alpha value is -0.0600. The fraction of sp³-hybridized carbons (Fsp3) is 0.571. The largest absolute Gasteiger partial charge is 0.314 e. The van der Waals surface area contributed by atoms with Crippen molar-refractivity contribution in [2.75, 3.05) is 26.2 Å². The Morgan fingerprint density at radius 1 is 1.42 bits per heavy atom. The van der Waals surface area contributed by atoms with Crippen molar-refractivity contribution in [2.24, 2.45) is 0 Å². The highest BCUT2D eigenvalue weighted by atomic mass is 35.5. The van der Waals surface area contributed by atoms with Crippen LogP contribution in [0.25, 0.3) is 0 Å². The third-order valence-electron chi connectivity index (χ3n) is 3.44. The van der Waals surface area contributed by atoms with Crippen LogP contribution < -0.4 is 5.32 Å². The lowest BCUT2D eigenvalue weighted by Crippen LogP contribution is -2.45. The van der Waals surface area contributed by atoms with E-state index in [1.165, 1.54) is 25.1 Å². The highest BCUT2D eigenvalue weighted by Crippen LogP contribution is 2.32. The molecule has 1 saturated heterocycles. The summed E-state index contributed by atoms with van der Waals surface area (Å²) in [4.78, 5) is 4.17. The second kappa shape index (κ2) is 9.78. The molecule has 0 saturated carbocycles. The second-order valence-corrected chi connectivity index (χ2v) is 5.58. The molecule has 0 amide bonds. The summed E-state index contributed by atoms with van der Waals surface area (Å²) in [7, 11) is 0. The minimum atomic E-state index is 0. The van der Waals surface area contributed by atoms with Crippen molar-refractivity contribution in [1.29, 1.82) is 0 Å². The van der Waals surface area contributed by atoms with E-state index in [1.54, 1.807) is 4.88 Å². The molecule has 2 heterocycles. The van der Waals surface area contributed by atoms with E-state index < -0.39 is 0 Å². The summed E-state index contributed by atoms with van der Waals surface area (Å²) in [6.45, 7) is 10.7. The molecule has 1 fully saturated rings. The summed E-state index contributed by atoms with van der Waals surface area (Å²) in [5.41, 5.74) is 1.45. The normalized spacial score (nSPS) is 17.1. The number of hydrogen-bond acceptors (Lipinski definition) is 3. The topological polar surface area (TPSA) is 15.3 Å². The van der Waals surface area contributed by atoms with Crippen molar-refractivity contribution in [3.8, 4) is 0 Å². The maximum Gasteiger partial charge on any atom is 0.0448 e. The second-order valence-electron chi connectivity index (χ2n) is 4.64. The van der Waals surface area contributed by atoms with E-state index in [0.29, 0.717) is 6.04 Å². The van der Waals surface area contributed by atoms with Gasteiger partial charge >= 0.3 is 0 Å². The summed E-state index contributed by atoms with van der Waals surface area (Å²) in [5.74, 6) is 0. The van der Waals surface area contributed by atoms with Crippen molar-refractivity contribution < 1.29 is 0 Å². The third-order valence-corrected chi connectivity index (χ3v) is 4.56. The van der Waals surface area contributed by atoms with Crippen molar-refractivity contribution in [1.82, 2.24) is 10.2 Å². The zero-order valence-corrected chi connectivity index (χ0v) is 13.9. The number of nitrogens with one attached hydrogen (secondary N) is 1. The lowest BCUT2D eigenvalue weighted by Gasteiger charge is -2.34. The van der Waals surface area contributed by atoms with Crippen molar-refractivity contribution in [3.05, 3.63) is 34.5 Å². The van der Waals surface area contributed by atoms with E-state index in [9.17, 15) is 0 Å². The van der Waals surface area contributed by atoms with Crippen LogP contribution in [0.4, 0.5) is 0 Å². The summed E-state index contributed by atoms with van der Waals surface area (Å²) in [5, 5.41) is 5.64. The number of allylic oxidation sites excluding steroid dienone is 1. The number of nitrogens with zero attached hydrogens (tertiary/aromatic N) is 1. The average Bonchev–Trinajstić information content (AvgIpc) is 2.78. The maximum atomic E-state index is 3.85. The van der Waals surface area contributed by atoms with Crippen LogP contribution in [0.15, 0.2) is 24.1 Å². The number of halogens is 2. The SMILES string of the molecule is C=CCC[C@H](c1sccc1C)N1CCNCC1.Cl.Cl. The Kier molecular flexibility index (Phi) is 9.75. The molecule has 1 aromatic rings. The summed E-state index contributed by atoms with van der Waals surface area (Å²) in [6.07, 6.45) is 4.34. The minimum absolute atomic E-state index is 0. The smallest absolute Gasteiger partial charge is 0.0448 e. The molecule has 1 aliphatic heterocycles. The predicted octanol–water partition coefficient (Wildman–Crippen LogP) is 3.81. The van der Waals surface area contributed by atoms with Gasteiger partial charge in [0.05, 0.1) is 0 Å².